The number of aryl methyl sites for hydroxylation is 1. The smallest absolute Gasteiger partial charge is 0.258 e. The Morgan fingerprint density at radius 2 is 1.79 bits per heavy atom. The molecule has 4 rings (SSSR count). The lowest BCUT2D eigenvalue weighted by Gasteiger charge is -2.40. The fourth-order valence-electron chi connectivity index (χ4n) is 4.63. The zero-order chi connectivity index (χ0) is 24.4. The number of carbonyl (C=O) groups is 2. The average molecular weight is 477 g/mol. The number of halogens is 1. The van der Waals surface area contributed by atoms with E-state index >= 15 is 0 Å². The molecule has 6 heteroatoms. The number of fused-ring (bicyclic) bond motifs is 1. The molecule has 2 atom stereocenters. The molecule has 0 unspecified atom stereocenters. The van der Waals surface area contributed by atoms with Crippen LogP contribution in [0.5, 0.6) is 5.75 Å². The molecule has 0 radical (unpaired) electrons. The second-order valence-corrected chi connectivity index (χ2v) is 9.02. The third-order valence-corrected chi connectivity index (χ3v) is 6.90. The molecule has 1 heterocycles. The molecule has 1 aliphatic heterocycles. The summed E-state index contributed by atoms with van der Waals surface area (Å²) in [5.74, 6) is 0.265. The molecule has 0 saturated heterocycles. The van der Waals surface area contributed by atoms with Crippen LogP contribution in [0, 0.1) is 6.92 Å². The van der Waals surface area contributed by atoms with Crippen molar-refractivity contribution in [3.8, 4) is 5.75 Å². The van der Waals surface area contributed by atoms with Gasteiger partial charge in [-0.1, -0.05) is 35.9 Å². The number of nitrogens with zero attached hydrogens (tertiary/aromatic N) is 2. The molecule has 0 bridgehead atoms. The first-order chi connectivity index (χ1) is 16.3. The number of para-hydroxylation sites is 1. The van der Waals surface area contributed by atoms with Gasteiger partial charge >= 0.3 is 0 Å². The van der Waals surface area contributed by atoms with Crippen LogP contribution >= 0.6 is 11.6 Å². The second-order valence-electron chi connectivity index (χ2n) is 8.62. The Labute approximate surface area is 205 Å². The number of amides is 2. The van der Waals surface area contributed by atoms with Gasteiger partial charge in [0.1, 0.15) is 5.75 Å². The molecule has 0 saturated carbocycles. The van der Waals surface area contributed by atoms with Crippen molar-refractivity contribution in [1.29, 1.82) is 0 Å². The summed E-state index contributed by atoms with van der Waals surface area (Å²) in [5, 5.41) is 0.637. The molecular weight excluding hydrogens is 448 g/mol. The molecule has 3 aromatic rings. The van der Waals surface area contributed by atoms with Gasteiger partial charge in [0.2, 0.25) is 5.91 Å². The van der Waals surface area contributed by atoms with Crippen LogP contribution in [0.3, 0.4) is 0 Å². The molecule has 1 aliphatic rings. The van der Waals surface area contributed by atoms with Crippen LogP contribution in [0.25, 0.3) is 0 Å². The molecule has 0 fully saturated rings. The summed E-state index contributed by atoms with van der Waals surface area (Å²) in [4.78, 5) is 30.9. The maximum Gasteiger partial charge on any atom is 0.258 e. The van der Waals surface area contributed by atoms with Crippen molar-refractivity contribution < 1.29 is 14.3 Å². The number of hydrogen-bond donors (Lipinski definition) is 0. The van der Waals surface area contributed by atoms with Crippen LogP contribution in [0.1, 0.15) is 47.7 Å². The lowest BCUT2D eigenvalue weighted by atomic mass is 9.84. The summed E-state index contributed by atoms with van der Waals surface area (Å²) in [6, 6.07) is 20.4. The van der Waals surface area contributed by atoms with Crippen LogP contribution in [0.2, 0.25) is 5.02 Å². The van der Waals surface area contributed by atoms with Gasteiger partial charge in [0, 0.05) is 34.5 Å². The lowest BCUT2D eigenvalue weighted by molar-refractivity contribution is -0.120. The Morgan fingerprint density at radius 3 is 2.44 bits per heavy atom. The number of ether oxygens (including phenoxy) is 1. The first-order valence-corrected chi connectivity index (χ1v) is 11.9. The Hall–Kier alpha value is -3.31. The minimum atomic E-state index is -0.355. The number of likely N-dealkylation sites (N-methyl/N-ethyl adjacent to an activating group) is 1. The second kappa shape index (κ2) is 9.90. The number of carbonyl (C=O) groups excluding carboxylic acids is 2. The van der Waals surface area contributed by atoms with Crippen molar-refractivity contribution in [2.24, 2.45) is 0 Å². The van der Waals surface area contributed by atoms with Gasteiger partial charge < -0.3 is 14.5 Å². The number of rotatable bonds is 5. The van der Waals surface area contributed by atoms with E-state index in [-0.39, 0.29) is 23.8 Å². The molecular formula is C28H29ClN2O3. The van der Waals surface area contributed by atoms with Gasteiger partial charge in [0.25, 0.3) is 5.91 Å². The molecule has 176 valence electrons. The Bertz CT molecular complexity index is 1210. The first-order valence-electron chi connectivity index (χ1n) is 11.5. The lowest BCUT2D eigenvalue weighted by Crippen LogP contribution is -2.46. The van der Waals surface area contributed by atoms with Crippen LogP contribution < -0.4 is 14.5 Å². The van der Waals surface area contributed by atoms with E-state index in [0.717, 1.165) is 22.5 Å². The number of hydrogen-bond acceptors (Lipinski definition) is 3. The van der Waals surface area contributed by atoms with Gasteiger partial charge in [-0.05, 0) is 80.8 Å². The van der Waals surface area contributed by atoms with Crippen LogP contribution in [0.15, 0.2) is 66.7 Å². The van der Waals surface area contributed by atoms with Crippen molar-refractivity contribution in [3.63, 3.8) is 0 Å². The van der Waals surface area contributed by atoms with Crippen molar-refractivity contribution >= 4 is 34.8 Å². The maximum absolute atomic E-state index is 13.8. The number of benzene rings is 3. The fourth-order valence-corrected chi connectivity index (χ4v) is 4.81. The van der Waals surface area contributed by atoms with Gasteiger partial charge in [0.15, 0.2) is 0 Å². The summed E-state index contributed by atoms with van der Waals surface area (Å²) >= 11 is 6.35. The maximum atomic E-state index is 13.8. The topological polar surface area (TPSA) is 49.9 Å². The van der Waals surface area contributed by atoms with E-state index < -0.39 is 0 Å². The molecule has 0 N–H and O–H groups in total. The molecule has 0 aliphatic carbocycles. The molecule has 3 aromatic carbocycles. The van der Waals surface area contributed by atoms with Crippen molar-refractivity contribution in [2.45, 2.75) is 39.2 Å². The van der Waals surface area contributed by atoms with E-state index in [1.165, 1.54) is 0 Å². The van der Waals surface area contributed by atoms with Gasteiger partial charge in [-0.3, -0.25) is 9.59 Å². The minimum Gasteiger partial charge on any atom is -0.497 e. The van der Waals surface area contributed by atoms with E-state index in [1.807, 2.05) is 63.2 Å². The van der Waals surface area contributed by atoms with E-state index in [0.29, 0.717) is 29.3 Å². The molecule has 0 aromatic heterocycles. The summed E-state index contributed by atoms with van der Waals surface area (Å²) in [6.07, 6.45) is 0.536. The largest absolute Gasteiger partial charge is 0.497 e. The van der Waals surface area contributed by atoms with Crippen molar-refractivity contribution in [3.05, 3.63) is 88.4 Å². The average Bonchev–Trinajstić information content (AvgIpc) is 2.85. The number of anilines is 2. The predicted octanol–water partition coefficient (Wildman–Crippen LogP) is 6.23. The van der Waals surface area contributed by atoms with Gasteiger partial charge in [-0.2, -0.15) is 0 Å². The third-order valence-electron chi connectivity index (χ3n) is 6.49. The molecule has 34 heavy (non-hydrogen) atoms. The Balaban J connectivity index is 1.69. The number of methoxy groups -OCH3 is 1. The van der Waals surface area contributed by atoms with Crippen LogP contribution in [-0.2, 0) is 4.79 Å². The highest BCUT2D eigenvalue weighted by Gasteiger charge is 2.38. The zero-order valence-corrected chi connectivity index (χ0v) is 20.7. The molecule has 0 spiro atoms. The highest BCUT2D eigenvalue weighted by atomic mass is 35.5. The predicted molar refractivity (Wildman–Crippen MR) is 137 cm³/mol. The van der Waals surface area contributed by atoms with E-state index in [4.69, 9.17) is 16.3 Å². The molecule has 2 amide bonds. The van der Waals surface area contributed by atoms with Crippen molar-refractivity contribution in [2.75, 3.05) is 23.5 Å². The van der Waals surface area contributed by atoms with E-state index in [2.05, 4.69) is 0 Å². The summed E-state index contributed by atoms with van der Waals surface area (Å²) in [7, 11) is 1.60. The minimum absolute atomic E-state index is 0.0123. The van der Waals surface area contributed by atoms with E-state index in [1.54, 1.807) is 41.2 Å². The Kier molecular flexibility index (Phi) is 6.94. The highest BCUT2D eigenvalue weighted by molar-refractivity contribution is 6.31. The zero-order valence-electron chi connectivity index (χ0n) is 19.9. The summed E-state index contributed by atoms with van der Waals surface area (Å²) in [6.45, 7) is 6.43. The summed E-state index contributed by atoms with van der Waals surface area (Å²) in [5.41, 5.74) is 3.97. The standard InChI is InChI=1S/C28H29ClN2O3/c1-5-30(21-13-10-18(2)25(29)17-21)28(33)24-16-19(3)31(26-9-7-6-8-23(24)26)27(32)20-11-14-22(34-4)15-12-20/h6-15,17,19,24H,5,16H2,1-4H3/t19-,24-/m0/s1. The fraction of sp³-hybridized carbons (Fsp3) is 0.286. The van der Waals surface area contributed by atoms with Gasteiger partial charge in [-0.25, -0.2) is 0 Å². The van der Waals surface area contributed by atoms with Crippen LogP contribution in [-0.4, -0.2) is 31.5 Å². The normalized spacial score (nSPS) is 17.1. The van der Waals surface area contributed by atoms with Crippen LogP contribution in [0.4, 0.5) is 11.4 Å². The van der Waals surface area contributed by atoms with E-state index in [9.17, 15) is 9.59 Å². The highest BCUT2D eigenvalue weighted by Crippen LogP contribution is 2.41. The van der Waals surface area contributed by atoms with Crippen molar-refractivity contribution in [1.82, 2.24) is 0 Å². The monoisotopic (exact) mass is 476 g/mol. The molecule has 5 nitrogen and oxygen atoms in total. The SMILES string of the molecule is CCN(C(=O)[C@H]1C[C@H](C)N(C(=O)c2ccc(OC)cc2)c2ccccc21)c1ccc(C)c(Cl)c1. The van der Waals surface area contributed by atoms with Gasteiger partial charge in [-0.15, -0.1) is 0 Å². The summed E-state index contributed by atoms with van der Waals surface area (Å²) < 4.78 is 5.22. The van der Waals surface area contributed by atoms with Gasteiger partial charge in [0.05, 0.1) is 13.0 Å². The quantitative estimate of drug-likeness (QED) is 0.438. The first kappa shape index (κ1) is 23.8. The third kappa shape index (κ3) is 4.40. The Morgan fingerprint density at radius 1 is 1.09 bits per heavy atom.